The summed E-state index contributed by atoms with van der Waals surface area (Å²) in [5.74, 6) is 0.912. The molecule has 0 aliphatic rings. The molecule has 1 N–H and O–H groups in total. The molecular formula is C17H17N5O3. The van der Waals surface area contributed by atoms with Crippen LogP contribution in [0.5, 0.6) is 11.5 Å². The Hall–Kier alpha value is -3.42. The number of carbonyl (C=O) groups is 1. The molecule has 0 aliphatic carbocycles. The number of nitrogens with zero attached hydrogens (tertiary/aromatic N) is 4. The van der Waals surface area contributed by atoms with Gasteiger partial charge in [0.15, 0.2) is 11.5 Å². The predicted molar refractivity (Wildman–Crippen MR) is 91.4 cm³/mol. The largest absolute Gasteiger partial charge is 0.493 e. The molecule has 0 bridgehead atoms. The molecule has 2 aromatic carbocycles. The minimum absolute atomic E-state index is 0.245. The molecule has 128 valence electrons. The first-order valence-corrected chi connectivity index (χ1v) is 7.49. The molecule has 0 saturated carbocycles. The maximum Gasteiger partial charge on any atom is 0.255 e. The Balaban J connectivity index is 1.87. The van der Waals surface area contributed by atoms with E-state index in [4.69, 9.17) is 9.47 Å². The molecule has 1 amide bonds. The van der Waals surface area contributed by atoms with Crippen molar-refractivity contribution in [3.63, 3.8) is 0 Å². The molecule has 3 aromatic rings. The Kier molecular flexibility index (Phi) is 4.60. The standard InChI is InChI=1S/C17H17N5O3/c1-11-7-15(24-2)16(25-3)9-14(11)19-17(23)12-5-4-6-13(8-12)22-10-18-20-21-22/h4-10H,1-3H3,(H,19,23). The van der Waals surface area contributed by atoms with E-state index in [1.54, 1.807) is 38.5 Å². The number of benzene rings is 2. The number of amides is 1. The lowest BCUT2D eigenvalue weighted by molar-refractivity contribution is 0.102. The zero-order valence-corrected chi connectivity index (χ0v) is 14.1. The molecule has 1 heterocycles. The number of ether oxygens (including phenoxy) is 2. The second kappa shape index (κ2) is 7.00. The number of methoxy groups -OCH3 is 2. The summed E-state index contributed by atoms with van der Waals surface area (Å²) in [4.78, 5) is 12.6. The van der Waals surface area contributed by atoms with E-state index < -0.39 is 0 Å². The summed E-state index contributed by atoms with van der Waals surface area (Å²) in [6, 6.07) is 10.6. The van der Waals surface area contributed by atoms with Gasteiger partial charge in [-0.05, 0) is 47.2 Å². The average Bonchev–Trinajstić information content (AvgIpc) is 3.17. The maximum atomic E-state index is 12.6. The molecule has 3 rings (SSSR count). The van der Waals surface area contributed by atoms with Crippen LogP contribution >= 0.6 is 0 Å². The number of hydrogen-bond acceptors (Lipinski definition) is 6. The van der Waals surface area contributed by atoms with Gasteiger partial charge in [0, 0.05) is 17.3 Å². The number of aromatic nitrogens is 4. The normalized spacial score (nSPS) is 10.4. The third-order valence-electron chi connectivity index (χ3n) is 3.70. The van der Waals surface area contributed by atoms with Crippen molar-refractivity contribution in [1.29, 1.82) is 0 Å². The minimum Gasteiger partial charge on any atom is -0.493 e. The van der Waals surface area contributed by atoms with Crippen LogP contribution in [0.4, 0.5) is 5.69 Å². The molecule has 8 heteroatoms. The molecule has 0 fully saturated rings. The van der Waals surface area contributed by atoms with Crippen LogP contribution in [0.2, 0.25) is 0 Å². The quantitative estimate of drug-likeness (QED) is 0.766. The highest BCUT2D eigenvalue weighted by Crippen LogP contribution is 2.33. The fraction of sp³-hybridized carbons (Fsp3) is 0.176. The third kappa shape index (κ3) is 3.42. The van der Waals surface area contributed by atoms with Crippen molar-refractivity contribution in [2.24, 2.45) is 0 Å². The highest BCUT2D eigenvalue weighted by molar-refractivity contribution is 6.05. The van der Waals surface area contributed by atoms with Crippen LogP contribution < -0.4 is 14.8 Å². The SMILES string of the molecule is COc1cc(C)c(NC(=O)c2cccc(-n3cnnn3)c2)cc1OC. The summed E-state index contributed by atoms with van der Waals surface area (Å²) in [7, 11) is 3.12. The van der Waals surface area contributed by atoms with Gasteiger partial charge >= 0.3 is 0 Å². The molecule has 0 saturated heterocycles. The maximum absolute atomic E-state index is 12.6. The first kappa shape index (κ1) is 16.4. The Morgan fingerprint density at radius 2 is 1.88 bits per heavy atom. The van der Waals surface area contributed by atoms with Crippen LogP contribution in [0.1, 0.15) is 15.9 Å². The van der Waals surface area contributed by atoms with Gasteiger partial charge in [0.1, 0.15) is 6.33 Å². The third-order valence-corrected chi connectivity index (χ3v) is 3.70. The van der Waals surface area contributed by atoms with E-state index in [9.17, 15) is 4.79 Å². The second-order valence-electron chi connectivity index (χ2n) is 5.28. The molecule has 0 atom stereocenters. The van der Waals surface area contributed by atoms with E-state index >= 15 is 0 Å². The van der Waals surface area contributed by atoms with Crippen molar-refractivity contribution in [1.82, 2.24) is 20.2 Å². The lowest BCUT2D eigenvalue weighted by atomic mass is 10.1. The van der Waals surface area contributed by atoms with Crippen molar-refractivity contribution in [3.8, 4) is 17.2 Å². The Morgan fingerprint density at radius 3 is 2.56 bits per heavy atom. The van der Waals surface area contributed by atoms with Crippen LogP contribution in [-0.2, 0) is 0 Å². The number of tetrazole rings is 1. The van der Waals surface area contributed by atoms with Gasteiger partial charge < -0.3 is 14.8 Å². The number of nitrogens with one attached hydrogen (secondary N) is 1. The van der Waals surface area contributed by atoms with Crippen LogP contribution in [0.25, 0.3) is 5.69 Å². The van der Waals surface area contributed by atoms with Gasteiger partial charge in [-0.2, -0.15) is 0 Å². The summed E-state index contributed by atoms with van der Waals surface area (Å²) in [6.45, 7) is 1.88. The Labute approximate surface area is 144 Å². The monoisotopic (exact) mass is 339 g/mol. The number of anilines is 1. The van der Waals surface area contributed by atoms with Crippen molar-refractivity contribution in [2.45, 2.75) is 6.92 Å². The Bertz CT molecular complexity index is 893. The molecule has 0 spiro atoms. The smallest absolute Gasteiger partial charge is 0.255 e. The van der Waals surface area contributed by atoms with E-state index in [1.807, 2.05) is 19.1 Å². The van der Waals surface area contributed by atoms with E-state index in [-0.39, 0.29) is 5.91 Å². The summed E-state index contributed by atoms with van der Waals surface area (Å²) < 4.78 is 12.0. The van der Waals surface area contributed by atoms with Gasteiger partial charge in [-0.25, -0.2) is 4.68 Å². The van der Waals surface area contributed by atoms with Crippen molar-refractivity contribution in [2.75, 3.05) is 19.5 Å². The van der Waals surface area contributed by atoms with Crippen LogP contribution in [0, 0.1) is 6.92 Å². The molecule has 1 aromatic heterocycles. The molecule has 8 nitrogen and oxygen atoms in total. The lowest BCUT2D eigenvalue weighted by Crippen LogP contribution is -2.13. The van der Waals surface area contributed by atoms with Gasteiger partial charge in [0.2, 0.25) is 0 Å². The highest BCUT2D eigenvalue weighted by atomic mass is 16.5. The number of aryl methyl sites for hydroxylation is 1. The van der Waals surface area contributed by atoms with Gasteiger partial charge in [0.25, 0.3) is 5.91 Å². The van der Waals surface area contributed by atoms with Crippen LogP contribution in [0.15, 0.2) is 42.7 Å². The predicted octanol–water partition coefficient (Wildman–Crippen LogP) is 2.24. The van der Waals surface area contributed by atoms with Gasteiger partial charge in [-0.15, -0.1) is 5.10 Å². The second-order valence-corrected chi connectivity index (χ2v) is 5.28. The number of rotatable bonds is 5. The summed E-state index contributed by atoms with van der Waals surface area (Å²) in [6.07, 6.45) is 1.47. The first-order valence-electron chi connectivity index (χ1n) is 7.49. The van der Waals surface area contributed by atoms with E-state index in [1.165, 1.54) is 11.0 Å². The summed E-state index contributed by atoms with van der Waals surface area (Å²) in [5.41, 5.74) is 2.70. The zero-order valence-electron chi connectivity index (χ0n) is 14.1. The zero-order chi connectivity index (χ0) is 17.8. The van der Waals surface area contributed by atoms with Gasteiger partial charge in [-0.1, -0.05) is 6.07 Å². The fourth-order valence-electron chi connectivity index (χ4n) is 2.38. The fourth-order valence-corrected chi connectivity index (χ4v) is 2.38. The summed E-state index contributed by atoms with van der Waals surface area (Å²) in [5, 5.41) is 13.9. The van der Waals surface area contributed by atoms with E-state index in [0.29, 0.717) is 28.4 Å². The molecule has 25 heavy (non-hydrogen) atoms. The summed E-state index contributed by atoms with van der Waals surface area (Å²) >= 11 is 0. The lowest BCUT2D eigenvalue weighted by Gasteiger charge is -2.14. The van der Waals surface area contributed by atoms with Gasteiger partial charge in [0.05, 0.1) is 19.9 Å². The first-order chi connectivity index (χ1) is 12.1. The van der Waals surface area contributed by atoms with E-state index in [2.05, 4.69) is 20.8 Å². The molecule has 0 aliphatic heterocycles. The van der Waals surface area contributed by atoms with Crippen molar-refractivity contribution < 1.29 is 14.3 Å². The highest BCUT2D eigenvalue weighted by Gasteiger charge is 2.13. The van der Waals surface area contributed by atoms with Crippen molar-refractivity contribution >= 4 is 11.6 Å². The molecular weight excluding hydrogens is 322 g/mol. The Morgan fingerprint density at radius 1 is 1.12 bits per heavy atom. The number of carbonyl (C=O) groups excluding carboxylic acids is 1. The molecule has 0 radical (unpaired) electrons. The van der Waals surface area contributed by atoms with Gasteiger partial charge in [-0.3, -0.25) is 4.79 Å². The number of hydrogen-bond donors (Lipinski definition) is 1. The molecule has 0 unspecified atom stereocenters. The topological polar surface area (TPSA) is 91.2 Å². The average molecular weight is 339 g/mol. The van der Waals surface area contributed by atoms with Crippen LogP contribution in [-0.4, -0.2) is 40.3 Å². The van der Waals surface area contributed by atoms with Crippen molar-refractivity contribution in [3.05, 3.63) is 53.9 Å². The minimum atomic E-state index is -0.245. The van der Waals surface area contributed by atoms with Crippen LogP contribution in [0.3, 0.4) is 0 Å². The van der Waals surface area contributed by atoms with E-state index in [0.717, 1.165) is 5.56 Å².